The largest absolute Gasteiger partial charge is 0.356 e. The second kappa shape index (κ2) is 7.11. The average Bonchev–Trinajstić information content (AvgIpc) is 3.30. The molecule has 4 heterocycles. The van der Waals surface area contributed by atoms with Crippen LogP contribution in [0.3, 0.4) is 0 Å². The van der Waals surface area contributed by atoms with Crippen molar-refractivity contribution >= 4 is 17.5 Å². The predicted octanol–water partition coefficient (Wildman–Crippen LogP) is 3.66. The third-order valence-corrected chi connectivity index (χ3v) is 5.02. The number of halogens is 2. The smallest absolute Gasteiger partial charge is 0.274 e. The standard InChI is InChI=1S/C18H17ClFN5O2/c1-10-2-3-12(9-25(10)18(26)11-4-5-21-15(20)6-11)16-23-17(27-24-16)14-7-13(19)8-22-14/h4-8,10,12,22H,2-3,9H2,1H3/t10-,12+/m1/s1. The number of piperidine rings is 1. The zero-order valence-corrected chi connectivity index (χ0v) is 15.3. The Morgan fingerprint density at radius 3 is 3.00 bits per heavy atom. The Balaban J connectivity index is 1.54. The number of nitrogens with one attached hydrogen (secondary N) is 1. The van der Waals surface area contributed by atoms with Gasteiger partial charge in [-0.1, -0.05) is 16.8 Å². The molecule has 1 aliphatic rings. The molecule has 3 aromatic rings. The number of rotatable bonds is 3. The van der Waals surface area contributed by atoms with E-state index in [2.05, 4.69) is 20.1 Å². The summed E-state index contributed by atoms with van der Waals surface area (Å²) >= 11 is 5.91. The first-order chi connectivity index (χ1) is 13.0. The highest BCUT2D eigenvalue weighted by molar-refractivity contribution is 6.30. The van der Waals surface area contributed by atoms with Gasteiger partial charge in [0.05, 0.1) is 5.02 Å². The summed E-state index contributed by atoms with van der Waals surface area (Å²) in [6.07, 6.45) is 4.56. The Hall–Kier alpha value is -2.74. The van der Waals surface area contributed by atoms with Crippen molar-refractivity contribution in [1.29, 1.82) is 0 Å². The molecule has 0 unspecified atom stereocenters. The first kappa shape index (κ1) is 17.7. The van der Waals surface area contributed by atoms with Crippen molar-refractivity contribution in [2.45, 2.75) is 31.7 Å². The number of nitrogens with zero attached hydrogens (tertiary/aromatic N) is 4. The highest BCUT2D eigenvalue weighted by atomic mass is 35.5. The topological polar surface area (TPSA) is 87.9 Å². The van der Waals surface area contributed by atoms with Gasteiger partial charge in [0.2, 0.25) is 5.95 Å². The maximum Gasteiger partial charge on any atom is 0.274 e. The summed E-state index contributed by atoms with van der Waals surface area (Å²) < 4.78 is 18.7. The molecule has 0 spiro atoms. The van der Waals surface area contributed by atoms with Gasteiger partial charge in [-0.2, -0.15) is 9.37 Å². The third kappa shape index (κ3) is 3.57. The number of likely N-dealkylation sites (tertiary alicyclic amines) is 1. The molecule has 1 aliphatic heterocycles. The molecule has 1 N–H and O–H groups in total. The van der Waals surface area contributed by atoms with E-state index in [0.717, 1.165) is 18.9 Å². The first-order valence-corrected chi connectivity index (χ1v) is 8.99. The van der Waals surface area contributed by atoms with Crippen LogP contribution in [-0.2, 0) is 0 Å². The van der Waals surface area contributed by atoms with Crippen LogP contribution in [-0.4, -0.2) is 43.5 Å². The minimum Gasteiger partial charge on any atom is -0.356 e. The van der Waals surface area contributed by atoms with Crippen LogP contribution in [0.2, 0.25) is 5.02 Å². The molecule has 27 heavy (non-hydrogen) atoms. The Bertz CT molecular complexity index is 972. The van der Waals surface area contributed by atoms with Crippen molar-refractivity contribution in [3.63, 3.8) is 0 Å². The van der Waals surface area contributed by atoms with Crippen molar-refractivity contribution in [1.82, 2.24) is 25.0 Å². The van der Waals surface area contributed by atoms with Crippen molar-refractivity contribution in [2.24, 2.45) is 0 Å². The summed E-state index contributed by atoms with van der Waals surface area (Å²) in [6.45, 7) is 2.42. The van der Waals surface area contributed by atoms with E-state index < -0.39 is 5.95 Å². The van der Waals surface area contributed by atoms with Gasteiger partial charge in [-0.3, -0.25) is 4.79 Å². The summed E-state index contributed by atoms with van der Waals surface area (Å²) in [7, 11) is 0. The number of hydrogen-bond acceptors (Lipinski definition) is 5. The molecule has 140 valence electrons. The number of amides is 1. The van der Waals surface area contributed by atoms with Gasteiger partial charge in [-0.05, 0) is 31.9 Å². The molecule has 1 saturated heterocycles. The van der Waals surface area contributed by atoms with Gasteiger partial charge < -0.3 is 14.4 Å². The van der Waals surface area contributed by atoms with Crippen LogP contribution >= 0.6 is 11.6 Å². The SMILES string of the molecule is C[C@@H]1CC[C@H](c2noc(-c3cc(Cl)c[nH]3)n2)CN1C(=O)c1ccnc(F)c1. The van der Waals surface area contributed by atoms with Crippen LogP contribution in [0.1, 0.15) is 41.9 Å². The van der Waals surface area contributed by atoms with Gasteiger partial charge in [0.25, 0.3) is 11.8 Å². The van der Waals surface area contributed by atoms with Crippen molar-refractivity contribution < 1.29 is 13.7 Å². The Labute approximate surface area is 159 Å². The molecule has 0 saturated carbocycles. The fourth-order valence-corrected chi connectivity index (χ4v) is 3.47. The van der Waals surface area contributed by atoms with Crippen LogP contribution < -0.4 is 0 Å². The van der Waals surface area contributed by atoms with Crippen LogP contribution in [0.5, 0.6) is 0 Å². The van der Waals surface area contributed by atoms with E-state index >= 15 is 0 Å². The fraction of sp³-hybridized carbons (Fsp3) is 0.333. The quantitative estimate of drug-likeness (QED) is 0.690. The van der Waals surface area contributed by atoms with Crippen LogP contribution in [0.25, 0.3) is 11.6 Å². The van der Waals surface area contributed by atoms with Crippen molar-refractivity contribution in [3.8, 4) is 11.6 Å². The van der Waals surface area contributed by atoms with Crippen LogP contribution in [0.4, 0.5) is 4.39 Å². The number of carbonyl (C=O) groups is 1. The second-order valence-electron chi connectivity index (χ2n) is 6.64. The fourth-order valence-electron chi connectivity index (χ4n) is 3.30. The molecule has 0 radical (unpaired) electrons. The first-order valence-electron chi connectivity index (χ1n) is 8.61. The van der Waals surface area contributed by atoms with Gasteiger partial charge in [0, 0.05) is 42.5 Å². The average molecular weight is 390 g/mol. The Kier molecular flexibility index (Phi) is 4.65. The van der Waals surface area contributed by atoms with E-state index in [-0.39, 0.29) is 23.4 Å². The molecule has 4 rings (SSSR count). The minimum atomic E-state index is -0.672. The van der Waals surface area contributed by atoms with Gasteiger partial charge in [-0.15, -0.1) is 0 Å². The normalized spacial score (nSPS) is 20.0. The Morgan fingerprint density at radius 1 is 1.41 bits per heavy atom. The maximum atomic E-state index is 13.4. The van der Waals surface area contributed by atoms with Crippen LogP contribution in [0.15, 0.2) is 35.1 Å². The lowest BCUT2D eigenvalue weighted by molar-refractivity contribution is 0.0604. The lowest BCUT2D eigenvalue weighted by Crippen LogP contribution is -2.45. The van der Waals surface area contributed by atoms with Gasteiger partial charge in [-0.25, -0.2) is 4.98 Å². The summed E-state index contributed by atoms with van der Waals surface area (Å²) in [6, 6.07) is 4.41. The van der Waals surface area contributed by atoms with E-state index in [1.807, 2.05) is 6.92 Å². The summed E-state index contributed by atoms with van der Waals surface area (Å²) in [5.41, 5.74) is 0.924. The molecular weight excluding hydrogens is 373 g/mol. The second-order valence-corrected chi connectivity index (χ2v) is 7.07. The lowest BCUT2D eigenvalue weighted by Gasteiger charge is -2.37. The molecule has 3 aromatic heterocycles. The van der Waals surface area contributed by atoms with Crippen molar-refractivity contribution in [3.05, 3.63) is 53.0 Å². The van der Waals surface area contributed by atoms with Gasteiger partial charge >= 0.3 is 0 Å². The highest BCUT2D eigenvalue weighted by Gasteiger charge is 2.33. The Morgan fingerprint density at radius 2 is 2.26 bits per heavy atom. The van der Waals surface area contributed by atoms with Crippen LogP contribution in [0, 0.1) is 5.95 Å². The van der Waals surface area contributed by atoms with Crippen molar-refractivity contribution in [2.75, 3.05) is 6.54 Å². The number of hydrogen-bond donors (Lipinski definition) is 1. The number of H-pyrrole nitrogens is 1. The molecule has 1 fully saturated rings. The van der Waals surface area contributed by atoms with E-state index in [1.165, 1.54) is 12.3 Å². The molecule has 9 heteroatoms. The number of aromatic amines is 1. The van der Waals surface area contributed by atoms with E-state index in [1.54, 1.807) is 17.2 Å². The number of aromatic nitrogens is 4. The number of carbonyl (C=O) groups excluding carboxylic acids is 1. The number of pyridine rings is 1. The molecule has 7 nitrogen and oxygen atoms in total. The van der Waals surface area contributed by atoms with Gasteiger partial charge in [0.1, 0.15) is 5.69 Å². The summed E-state index contributed by atoms with van der Waals surface area (Å²) in [4.78, 5) is 25.5. The molecule has 0 aliphatic carbocycles. The summed E-state index contributed by atoms with van der Waals surface area (Å²) in [5, 5.41) is 4.63. The summed E-state index contributed by atoms with van der Waals surface area (Å²) in [5.74, 6) is -0.0615. The molecular formula is C18H17ClFN5O2. The van der Waals surface area contributed by atoms with E-state index in [0.29, 0.717) is 29.0 Å². The molecule has 0 aromatic carbocycles. The highest BCUT2D eigenvalue weighted by Crippen LogP contribution is 2.31. The van der Waals surface area contributed by atoms with E-state index in [9.17, 15) is 9.18 Å². The minimum absolute atomic E-state index is 0.0403. The third-order valence-electron chi connectivity index (χ3n) is 4.80. The van der Waals surface area contributed by atoms with Gasteiger partial charge in [0.15, 0.2) is 5.82 Å². The van der Waals surface area contributed by atoms with E-state index in [4.69, 9.17) is 16.1 Å². The zero-order valence-electron chi connectivity index (χ0n) is 14.5. The molecule has 1 amide bonds. The zero-order chi connectivity index (χ0) is 19.0. The maximum absolute atomic E-state index is 13.4. The predicted molar refractivity (Wildman–Crippen MR) is 95.8 cm³/mol. The molecule has 2 atom stereocenters. The molecule has 0 bridgehead atoms. The lowest BCUT2D eigenvalue weighted by atomic mass is 9.92. The monoisotopic (exact) mass is 389 g/mol.